The van der Waals surface area contributed by atoms with Crippen LogP contribution in [-0.2, 0) is 0 Å². The van der Waals surface area contributed by atoms with Crippen molar-refractivity contribution in [2.75, 3.05) is 5.32 Å². The van der Waals surface area contributed by atoms with E-state index in [1.165, 1.54) is 6.07 Å². The molecule has 2 aromatic rings. The van der Waals surface area contributed by atoms with Crippen molar-refractivity contribution in [1.82, 2.24) is 0 Å². The van der Waals surface area contributed by atoms with E-state index in [2.05, 4.69) is 5.32 Å². The van der Waals surface area contributed by atoms with Crippen molar-refractivity contribution in [3.05, 3.63) is 74.3 Å². The number of hydrogen-bond donors (Lipinski definition) is 1. The van der Waals surface area contributed by atoms with Crippen molar-refractivity contribution in [3.63, 3.8) is 0 Å². The summed E-state index contributed by atoms with van der Waals surface area (Å²) in [7, 11) is 0. The van der Waals surface area contributed by atoms with E-state index in [0.29, 0.717) is 5.69 Å². The molecule has 1 amide bonds. The molecule has 0 aliphatic carbocycles. The lowest BCUT2D eigenvalue weighted by molar-refractivity contribution is -0.422. The molecule has 0 radical (unpaired) electrons. The first kappa shape index (κ1) is 14.1. The van der Waals surface area contributed by atoms with Crippen LogP contribution in [0.4, 0.5) is 17.1 Å². The van der Waals surface area contributed by atoms with Gasteiger partial charge in [0.2, 0.25) is 0 Å². The Bertz CT molecular complexity index is 715. The molecule has 21 heavy (non-hydrogen) atoms. The second-order valence-corrected chi connectivity index (χ2v) is 4.04. The van der Waals surface area contributed by atoms with Crippen LogP contribution in [0.5, 0.6) is 0 Å². The van der Waals surface area contributed by atoms with Crippen LogP contribution in [0, 0.1) is 20.2 Å². The van der Waals surface area contributed by atoms with Crippen LogP contribution in [0.2, 0.25) is 0 Å². The van der Waals surface area contributed by atoms with E-state index in [1.54, 1.807) is 30.3 Å². The van der Waals surface area contributed by atoms with Crippen molar-refractivity contribution in [1.29, 1.82) is 0 Å². The Hall–Kier alpha value is -3.29. The molecular weight excluding hydrogens is 278 g/mol. The average molecular weight is 287 g/mol. The Morgan fingerprint density at radius 2 is 1.52 bits per heavy atom. The molecule has 0 saturated heterocycles. The number of rotatable bonds is 4. The maximum Gasteiger partial charge on any atom is 0.346 e. The second kappa shape index (κ2) is 5.78. The molecule has 1 N–H and O–H groups in total. The second-order valence-electron chi connectivity index (χ2n) is 4.04. The van der Waals surface area contributed by atoms with Crippen LogP contribution >= 0.6 is 0 Å². The molecule has 8 nitrogen and oxygen atoms in total. The number of para-hydroxylation sites is 1. The number of hydrogen-bond acceptors (Lipinski definition) is 5. The number of nitro benzene ring substituents is 2. The molecule has 0 aliphatic heterocycles. The maximum absolute atomic E-state index is 12.0. The summed E-state index contributed by atoms with van der Waals surface area (Å²) < 4.78 is 0. The zero-order chi connectivity index (χ0) is 15.4. The van der Waals surface area contributed by atoms with Gasteiger partial charge in [-0.1, -0.05) is 18.2 Å². The maximum atomic E-state index is 12.0. The van der Waals surface area contributed by atoms with Crippen LogP contribution in [-0.4, -0.2) is 15.8 Å². The van der Waals surface area contributed by atoms with Gasteiger partial charge in [0.1, 0.15) is 0 Å². The summed E-state index contributed by atoms with van der Waals surface area (Å²) in [6.45, 7) is 0. The van der Waals surface area contributed by atoms with Crippen molar-refractivity contribution in [3.8, 4) is 0 Å². The van der Waals surface area contributed by atoms with Crippen LogP contribution in [0.3, 0.4) is 0 Å². The van der Waals surface area contributed by atoms with Gasteiger partial charge in [0.25, 0.3) is 5.91 Å². The number of amides is 1. The van der Waals surface area contributed by atoms with Gasteiger partial charge in [-0.05, 0) is 18.2 Å². The molecule has 0 spiro atoms. The molecule has 0 aromatic heterocycles. The van der Waals surface area contributed by atoms with E-state index in [0.717, 1.165) is 12.1 Å². The summed E-state index contributed by atoms with van der Waals surface area (Å²) in [5.74, 6) is -0.584. The van der Waals surface area contributed by atoms with Crippen LogP contribution in [0.15, 0.2) is 48.5 Å². The summed E-state index contributed by atoms with van der Waals surface area (Å²) in [5.41, 5.74) is -0.892. The van der Waals surface area contributed by atoms with Gasteiger partial charge in [-0.2, -0.15) is 0 Å². The third kappa shape index (κ3) is 3.18. The molecule has 0 heterocycles. The summed E-state index contributed by atoms with van der Waals surface area (Å²) in [6, 6.07) is 11.5. The van der Waals surface area contributed by atoms with Gasteiger partial charge in [-0.25, -0.2) is 0 Å². The summed E-state index contributed by atoms with van der Waals surface area (Å²) >= 11 is 0. The third-order valence-corrected chi connectivity index (χ3v) is 2.66. The first-order valence-electron chi connectivity index (χ1n) is 5.78. The number of carbonyl (C=O) groups excluding carboxylic acids is 1. The Balaban J connectivity index is 2.32. The van der Waals surface area contributed by atoms with E-state index >= 15 is 0 Å². The highest BCUT2D eigenvalue weighted by Gasteiger charge is 2.25. The molecule has 0 bridgehead atoms. The van der Waals surface area contributed by atoms with E-state index in [-0.39, 0.29) is 5.56 Å². The number of nitrogens with one attached hydrogen (secondary N) is 1. The highest BCUT2D eigenvalue weighted by atomic mass is 16.6. The van der Waals surface area contributed by atoms with Gasteiger partial charge in [0.15, 0.2) is 0 Å². The van der Waals surface area contributed by atoms with Gasteiger partial charge >= 0.3 is 11.4 Å². The molecule has 0 saturated carbocycles. The molecule has 2 aromatic carbocycles. The first-order valence-corrected chi connectivity index (χ1v) is 5.78. The standard InChI is InChI=1S/C13H9N3O5/c17-13(14-10-4-2-1-3-5-10)9-6-7-11(15(18)19)12(8-9)16(20)21/h1-8H,(H,14,17). The number of benzene rings is 2. The fourth-order valence-electron chi connectivity index (χ4n) is 1.69. The highest BCUT2D eigenvalue weighted by molar-refractivity contribution is 6.04. The summed E-state index contributed by atoms with van der Waals surface area (Å²) in [5, 5.41) is 24.1. The molecule has 0 aliphatic rings. The molecule has 0 fully saturated rings. The lowest BCUT2D eigenvalue weighted by atomic mass is 10.1. The van der Waals surface area contributed by atoms with E-state index in [1.807, 2.05) is 0 Å². The molecule has 0 unspecified atom stereocenters. The van der Waals surface area contributed by atoms with Crippen LogP contribution in [0.1, 0.15) is 10.4 Å². The third-order valence-electron chi connectivity index (χ3n) is 2.66. The van der Waals surface area contributed by atoms with Gasteiger partial charge < -0.3 is 5.32 Å². The lowest BCUT2D eigenvalue weighted by Gasteiger charge is -2.04. The Morgan fingerprint density at radius 1 is 0.905 bits per heavy atom. The summed E-state index contributed by atoms with van der Waals surface area (Å²) in [4.78, 5) is 31.7. The molecule has 106 valence electrons. The van der Waals surface area contributed by atoms with Crippen molar-refractivity contribution >= 4 is 23.0 Å². The first-order chi connectivity index (χ1) is 9.99. The Kier molecular flexibility index (Phi) is 3.89. The van der Waals surface area contributed by atoms with Gasteiger partial charge in [-0.15, -0.1) is 0 Å². The Morgan fingerprint density at radius 3 is 2.10 bits per heavy atom. The SMILES string of the molecule is O=C(Nc1ccccc1)c1ccc([N+](=O)[O-])c([N+](=O)[O-])c1. The molecular formula is C13H9N3O5. The van der Waals surface area contributed by atoms with Crippen LogP contribution in [0.25, 0.3) is 0 Å². The normalized spacial score (nSPS) is 9.90. The molecule has 0 atom stereocenters. The van der Waals surface area contributed by atoms with Gasteiger partial charge in [0, 0.05) is 23.4 Å². The largest absolute Gasteiger partial charge is 0.346 e. The smallest absolute Gasteiger partial charge is 0.322 e. The predicted octanol–water partition coefficient (Wildman–Crippen LogP) is 2.76. The molecule has 2 rings (SSSR count). The lowest BCUT2D eigenvalue weighted by Crippen LogP contribution is -2.12. The Labute approximate surface area is 118 Å². The van der Waals surface area contributed by atoms with Crippen LogP contribution < -0.4 is 5.32 Å². The predicted molar refractivity (Wildman–Crippen MR) is 74.1 cm³/mol. The fourth-order valence-corrected chi connectivity index (χ4v) is 1.69. The summed E-state index contributed by atoms with van der Waals surface area (Å²) in [6.07, 6.45) is 0. The zero-order valence-electron chi connectivity index (χ0n) is 10.6. The van der Waals surface area contributed by atoms with E-state index in [4.69, 9.17) is 0 Å². The number of anilines is 1. The minimum Gasteiger partial charge on any atom is -0.322 e. The fraction of sp³-hybridized carbons (Fsp3) is 0. The van der Waals surface area contributed by atoms with E-state index < -0.39 is 27.1 Å². The minimum absolute atomic E-state index is 0.0313. The van der Waals surface area contributed by atoms with Crippen molar-refractivity contribution in [2.24, 2.45) is 0 Å². The number of carbonyl (C=O) groups is 1. The van der Waals surface area contributed by atoms with E-state index in [9.17, 15) is 25.0 Å². The number of nitrogens with zero attached hydrogens (tertiary/aromatic N) is 2. The van der Waals surface area contributed by atoms with Gasteiger partial charge in [0.05, 0.1) is 9.85 Å². The monoisotopic (exact) mass is 287 g/mol. The highest BCUT2D eigenvalue weighted by Crippen LogP contribution is 2.27. The molecule has 8 heteroatoms. The van der Waals surface area contributed by atoms with Crippen molar-refractivity contribution in [2.45, 2.75) is 0 Å². The number of nitro groups is 2. The average Bonchev–Trinajstić information content (AvgIpc) is 2.47. The topological polar surface area (TPSA) is 115 Å². The minimum atomic E-state index is -0.891. The van der Waals surface area contributed by atoms with Crippen molar-refractivity contribution < 1.29 is 14.6 Å². The quantitative estimate of drug-likeness (QED) is 0.685. The zero-order valence-corrected chi connectivity index (χ0v) is 10.6. The van der Waals surface area contributed by atoms with Gasteiger partial charge in [-0.3, -0.25) is 25.0 Å².